The molecule has 1 aromatic heterocycles. The van der Waals surface area contributed by atoms with Gasteiger partial charge in [-0.1, -0.05) is 0 Å². The van der Waals surface area contributed by atoms with Crippen LogP contribution < -0.4 is 5.32 Å². The van der Waals surface area contributed by atoms with E-state index in [1.165, 1.54) is 7.11 Å². The summed E-state index contributed by atoms with van der Waals surface area (Å²) >= 11 is 4.92. The van der Waals surface area contributed by atoms with Crippen molar-refractivity contribution in [2.24, 2.45) is 0 Å². The second kappa shape index (κ2) is 5.48. The van der Waals surface area contributed by atoms with Crippen LogP contribution in [-0.4, -0.2) is 26.7 Å². The van der Waals surface area contributed by atoms with Gasteiger partial charge in [-0.2, -0.15) is 0 Å². The number of thiophene rings is 1. The molecule has 3 nitrogen and oxygen atoms in total. The number of likely N-dealkylation sites (N-methyl/N-ethyl adjacent to an activating group) is 1. The maximum absolute atomic E-state index is 11.4. The van der Waals surface area contributed by atoms with E-state index in [1.54, 1.807) is 11.3 Å². The SMILES string of the molecule is CNCC(C(=O)OC)c1ccc(Br)s1. The summed E-state index contributed by atoms with van der Waals surface area (Å²) in [5, 5.41) is 2.98. The van der Waals surface area contributed by atoms with Crippen LogP contribution in [0, 0.1) is 0 Å². The molecule has 0 aliphatic rings. The zero-order chi connectivity index (χ0) is 10.6. The molecule has 0 bridgehead atoms. The van der Waals surface area contributed by atoms with E-state index in [2.05, 4.69) is 21.2 Å². The smallest absolute Gasteiger partial charge is 0.315 e. The third-order valence-electron chi connectivity index (χ3n) is 1.83. The van der Waals surface area contributed by atoms with E-state index in [1.807, 2.05) is 19.2 Å². The minimum Gasteiger partial charge on any atom is -0.468 e. The zero-order valence-electron chi connectivity index (χ0n) is 8.04. The van der Waals surface area contributed by atoms with Crippen LogP contribution >= 0.6 is 27.3 Å². The maximum Gasteiger partial charge on any atom is 0.315 e. The Labute approximate surface area is 95.6 Å². The van der Waals surface area contributed by atoms with Crippen LogP contribution in [0.3, 0.4) is 0 Å². The lowest BCUT2D eigenvalue weighted by atomic mass is 10.1. The van der Waals surface area contributed by atoms with Gasteiger partial charge < -0.3 is 10.1 Å². The molecule has 1 unspecified atom stereocenters. The Balaban J connectivity index is 2.82. The number of halogens is 1. The number of methoxy groups -OCH3 is 1. The summed E-state index contributed by atoms with van der Waals surface area (Å²) in [6.07, 6.45) is 0. The number of carbonyl (C=O) groups excluding carboxylic acids is 1. The fourth-order valence-electron chi connectivity index (χ4n) is 1.16. The van der Waals surface area contributed by atoms with Crippen molar-refractivity contribution in [2.45, 2.75) is 5.92 Å². The molecule has 5 heteroatoms. The van der Waals surface area contributed by atoms with Gasteiger partial charge in [-0.3, -0.25) is 4.79 Å². The van der Waals surface area contributed by atoms with Gasteiger partial charge in [0.05, 0.1) is 10.9 Å². The van der Waals surface area contributed by atoms with E-state index in [9.17, 15) is 4.79 Å². The lowest BCUT2D eigenvalue weighted by molar-refractivity contribution is -0.142. The minimum atomic E-state index is -0.207. The number of rotatable bonds is 4. The molecular formula is C9H12BrNO2S. The summed E-state index contributed by atoms with van der Waals surface area (Å²) in [4.78, 5) is 12.5. The second-order valence-electron chi connectivity index (χ2n) is 2.78. The number of carbonyl (C=O) groups is 1. The predicted molar refractivity (Wildman–Crippen MR) is 60.7 cm³/mol. The van der Waals surface area contributed by atoms with Crippen LogP contribution in [0.1, 0.15) is 10.8 Å². The fraction of sp³-hybridized carbons (Fsp3) is 0.444. The first-order chi connectivity index (χ1) is 6.69. The highest BCUT2D eigenvalue weighted by atomic mass is 79.9. The Morgan fingerprint density at radius 3 is 2.86 bits per heavy atom. The predicted octanol–water partition coefficient (Wildman–Crippen LogP) is 1.99. The highest BCUT2D eigenvalue weighted by molar-refractivity contribution is 9.11. The van der Waals surface area contributed by atoms with Crippen LogP contribution in [-0.2, 0) is 9.53 Å². The van der Waals surface area contributed by atoms with Crippen LogP contribution in [0.25, 0.3) is 0 Å². The molecule has 0 radical (unpaired) electrons. The van der Waals surface area contributed by atoms with E-state index in [0.717, 1.165) is 8.66 Å². The summed E-state index contributed by atoms with van der Waals surface area (Å²) in [6, 6.07) is 3.87. The van der Waals surface area contributed by atoms with Crippen molar-refractivity contribution >= 4 is 33.2 Å². The molecule has 0 aliphatic heterocycles. The number of ether oxygens (including phenoxy) is 1. The van der Waals surface area contributed by atoms with E-state index in [4.69, 9.17) is 4.74 Å². The van der Waals surface area contributed by atoms with Crippen LogP contribution in [0.4, 0.5) is 0 Å². The number of nitrogens with one attached hydrogen (secondary N) is 1. The van der Waals surface area contributed by atoms with Crippen molar-refractivity contribution in [1.82, 2.24) is 5.32 Å². The van der Waals surface area contributed by atoms with Gasteiger partial charge >= 0.3 is 5.97 Å². The normalized spacial score (nSPS) is 12.5. The van der Waals surface area contributed by atoms with Crippen molar-refractivity contribution < 1.29 is 9.53 Å². The molecule has 0 amide bonds. The first-order valence-electron chi connectivity index (χ1n) is 4.16. The molecular weight excluding hydrogens is 266 g/mol. The second-order valence-corrected chi connectivity index (χ2v) is 5.27. The fourth-order valence-corrected chi connectivity index (χ4v) is 2.67. The van der Waals surface area contributed by atoms with Gasteiger partial charge in [0.2, 0.25) is 0 Å². The van der Waals surface area contributed by atoms with Crippen molar-refractivity contribution in [3.63, 3.8) is 0 Å². The zero-order valence-corrected chi connectivity index (χ0v) is 10.4. The molecule has 0 fully saturated rings. The van der Waals surface area contributed by atoms with E-state index < -0.39 is 0 Å². The lowest BCUT2D eigenvalue weighted by Gasteiger charge is -2.11. The highest BCUT2D eigenvalue weighted by Gasteiger charge is 2.21. The number of hydrogen-bond donors (Lipinski definition) is 1. The number of esters is 1. The highest BCUT2D eigenvalue weighted by Crippen LogP contribution is 2.28. The average Bonchev–Trinajstić information content (AvgIpc) is 2.60. The topological polar surface area (TPSA) is 38.3 Å². The summed E-state index contributed by atoms with van der Waals surface area (Å²) < 4.78 is 5.77. The van der Waals surface area contributed by atoms with Crippen LogP contribution in [0.2, 0.25) is 0 Å². The molecule has 0 saturated heterocycles. The quantitative estimate of drug-likeness (QED) is 0.856. The van der Waals surface area contributed by atoms with Gasteiger partial charge in [0.1, 0.15) is 5.92 Å². The molecule has 78 valence electrons. The molecule has 1 rings (SSSR count). The molecule has 1 heterocycles. The lowest BCUT2D eigenvalue weighted by Crippen LogP contribution is -2.24. The summed E-state index contributed by atoms with van der Waals surface area (Å²) in [6.45, 7) is 0.597. The van der Waals surface area contributed by atoms with E-state index >= 15 is 0 Å². The van der Waals surface area contributed by atoms with Crippen LogP contribution in [0.15, 0.2) is 15.9 Å². The molecule has 0 saturated carbocycles. The van der Waals surface area contributed by atoms with Crippen molar-refractivity contribution in [3.05, 3.63) is 20.8 Å². The third-order valence-corrected chi connectivity index (χ3v) is 3.57. The molecule has 0 spiro atoms. The monoisotopic (exact) mass is 277 g/mol. The summed E-state index contributed by atoms with van der Waals surface area (Å²) in [5.74, 6) is -0.407. The maximum atomic E-state index is 11.4. The largest absolute Gasteiger partial charge is 0.468 e. The molecule has 0 aromatic carbocycles. The van der Waals surface area contributed by atoms with Crippen molar-refractivity contribution in [2.75, 3.05) is 20.7 Å². The minimum absolute atomic E-state index is 0.200. The Hall–Kier alpha value is -0.390. The summed E-state index contributed by atoms with van der Waals surface area (Å²) in [5.41, 5.74) is 0. The van der Waals surface area contributed by atoms with Gasteiger partial charge in [0.25, 0.3) is 0 Å². The van der Waals surface area contributed by atoms with Crippen molar-refractivity contribution in [1.29, 1.82) is 0 Å². The molecule has 0 aliphatic carbocycles. The number of hydrogen-bond acceptors (Lipinski definition) is 4. The first-order valence-corrected chi connectivity index (χ1v) is 5.77. The van der Waals surface area contributed by atoms with Crippen LogP contribution in [0.5, 0.6) is 0 Å². The first kappa shape index (κ1) is 11.7. The van der Waals surface area contributed by atoms with Gasteiger partial charge in [-0.25, -0.2) is 0 Å². The Kier molecular flexibility index (Phi) is 4.57. The molecule has 1 aromatic rings. The van der Waals surface area contributed by atoms with Gasteiger partial charge in [0.15, 0.2) is 0 Å². The Morgan fingerprint density at radius 1 is 1.71 bits per heavy atom. The third kappa shape index (κ3) is 2.80. The summed E-state index contributed by atoms with van der Waals surface area (Å²) in [7, 11) is 3.23. The Bertz CT molecular complexity index is 314. The van der Waals surface area contributed by atoms with E-state index in [-0.39, 0.29) is 11.9 Å². The van der Waals surface area contributed by atoms with Gasteiger partial charge in [-0.05, 0) is 35.1 Å². The molecule has 14 heavy (non-hydrogen) atoms. The van der Waals surface area contributed by atoms with Gasteiger partial charge in [-0.15, -0.1) is 11.3 Å². The van der Waals surface area contributed by atoms with E-state index in [0.29, 0.717) is 6.54 Å². The molecule has 1 atom stereocenters. The Morgan fingerprint density at radius 2 is 2.43 bits per heavy atom. The van der Waals surface area contributed by atoms with Crippen molar-refractivity contribution in [3.8, 4) is 0 Å². The standard InChI is InChI=1S/C9H12BrNO2S/c1-11-5-6(9(12)13-2)7-3-4-8(10)14-7/h3-4,6,11H,5H2,1-2H3. The average molecular weight is 278 g/mol. The van der Waals surface area contributed by atoms with Gasteiger partial charge in [0, 0.05) is 11.4 Å². The molecule has 1 N–H and O–H groups in total.